The number of methoxy groups -OCH3 is 1. The maximum Gasteiger partial charge on any atom is 0.303 e. The molecular formula is C12H15BrO3. The molecule has 88 valence electrons. The Morgan fingerprint density at radius 3 is 2.81 bits per heavy atom. The van der Waals surface area contributed by atoms with Crippen LogP contribution in [0.1, 0.15) is 24.0 Å². The Morgan fingerprint density at radius 2 is 2.25 bits per heavy atom. The third-order valence-corrected chi connectivity index (χ3v) is 3.01. The van der Waals surface area contributed by atoms with E-state index in [2.05, 4.69) is 15.9 Å². The Balaban J connectivity index is 2.55. The van der Waals surface area contributed by atoms with Crippen molar-refractivity contribution in [3.63, 3.8) is 0 Å². The molecule has 1 N–H and O–H groups in total. The molecule has 0 heterocycles. The average Bonchev–Trinajstić information content (AvgIpc) is 2.21. The van der Waals surface area contributed by atoms with E-state index in [0.717, 1.165) is 22.0 Å². The van der Waals surface area contributed by atoms with Gasteiger partial charge in [0.2, 0.25) is 0 Å². The number of aliphatic carboxylic acids is 1. The van der Waals surface area contributed by atoms with Gasteiger partial charge in [-0.2, -0.15) is 0 Å². The number of carbonyl (C=O) groups is 1. The fourth-order valence-corrected chi connectivity index (χ4v) is 2.00. The van der Waals surface area contributed by atoms with Gasteiger partial charge in [0, 0.05) is 18.0 Å². The molecule has 0 amide bonds. The molecule has 0 saturated heterocycles. The first-order chi connectivity index (χ1) is 7.63. The quantitative estimate of drug-likeness (QED) is 0.874. The van der Waals surface area contributed by atoms with Crippen LogP contribution in [-0.2, 0) is 22.6 Å². The number of rotatable bonds is 6. The SMILES string of the molecule is COCc1ccc(CCCC(=O)O)cc1Br. The first kappa shape index (κ1) is 13.2. The topological polar surface area (TPSA) is 46.5 Å². The van der Waals surface area contributed by atoms with Crippen molar-refractivity contribution in [1.29, 1.82) is 0 Å². The highest BCUT2D eigenvalue weighted by atomic mass is 79.9. The van der Waals surface area contributed by atoms with E-state index in [1.165, 1.54) is 0 Å². The largest absolute Gasteiger partial charge is 0.481 e. The molecule has 0 fully saturated rings. The van der Waals surface area contributed by atoms with Gasteiger partial charge in [-0.1, -0.05) is 28.1 Å². The lowest BCUT2D eigenvalue weighted by Crippen LogP contribution is -1.96. The van der Waals surface area contributed by atoms with Crippen LogP contribution in [0.5, 0.6) is 0 Å². The zero-order chi connectivity index (χ0) is 12.0. The van der Waals surface area contributed by atoms with E-state index in [1.54, 1.807) is 7.11 Å². The van der Waals surface area contributed by atoms with E-state index in [1.807, 2.05) is 18.2 Å². The highest BCUT2D eigenvalue weighted by molar-refractivity contribution is 9.10. The second-order valence-electron chi connectivity index (χ2n) is 3.61. The minimum Gasteiger partial charge on any atom is -0.481 e. The van der Waals surface area contributed by atoms with Crippen molar-refractivity contribution in [2.45, 2.75) is 25.9 Å². The number of ether oxygens (including phenoxy) is 1. The smallest absolute Gasteiger partial charge is 0.303 e. The third kappa shape index (κ3) is 4.33. The van der Waals surface area contributed by atoms with Gasteiger partial charge in [0.25, 0.3) is 0 Å². The third-order valence-electron chi connectivity index (χ3n) is 2.27. The lowest BCUT2D eigenvalue weighted by Gasteiger charge is -2.06. The van der Waals surface area contributed by atoms with Crippen molar-refractivity contribution in [1.82, 2.24) is 0 Å². The Morgan fingerprint density at radius 1 is 1.50 bits per heavy atom. The Bertz CT molecular complexity index is 363. The van der Waals surface area contributed by atoms with E-state index < -0.39 is 5.97 Å². The van der Waals surface area contributed by atoms with Gasteiger partial charge in [-0.15, -0.1) is 0 Å². The highest BCUT2D eigenvalue weighted by Crippen LogP contribution is 2.20. The molecule has 0 aliphatic heterocycles. The summed E-state index contributed by atoms with van der Waals surface area (Å²) in [6.45, 7) is 0.579. The summed E-state index contributed by atoms with van der Waals surface area (Å²) in [7, 11) is 1.66. The van der Waals surface area contributed by atoms with Crippen LogP contribution < -0.4 is 0 Å². The van der Waals surface area contributed by atoms with Crippen LogP contribution in [0.3, 0.4) is 0 Å². The molecule has 0 spiro atoms. The molecular weight excluding hydrogens is 272 g/mol. The summed E-state index contributed by atoms with van der Waals surface area (Å²) in [5.41, 5.74) is 2.25. The Kier molecular flexibility index (Phi) is 5.49. The molecule has 3 nitrogen and oxygen atoms in total. The molecule has 0 unspecified atom stereocenters. The highest BCUT2D eigenvalue weighted by Gasteiger charge is 2.02. The van der Waals surface area contributed by atoms with Gasteiger partial charge in [-0.3, -0.25) is 4.79 Å². The number of carboxylic acids is 1. The number of hydrogen-bond acceptors (Lipinski definition) is 2. The van der Waals surface area contributed by atoms with Crippen molar-refractivity contribution in [3.05, 3.63) is 33.8 Å². The fourth-order valence-electron chi connectivity index (χ4n) is 1.46. The summed E-state index contributed by atoms with van der Waals surface area (Å²) < 4.78 is 6.07. The molecule has 0 bridgehead atoms. The average molecular weight is 287 g/mol. The number of aryl methyl sites for hydroxylation is 1. The maximum absolute atomic E-state index is 10.4. The van der Waals surface area contributed by atoms with Gasteiger partial charge in [-0.25, -0.2) is 0 Å². The maximum atomic E-state index is 10.4. The van der Waals surface area contributed by atoms with E-state index >= 15 is 0 Å². The molecule has 1 aromatic rings. The molecule has 0 saturated carbocycles. The summed E-state index contributed by atoms with van der Waals surface area (Å²) >= 11 is 3.47. The van der Waals surface area contributed by atoms with Crippen LogP contribution in [0.4, 0.5) is 0 Å². The lowest BCUT2D eigenvalue weighted by atomic mass is 10.1. The van der Waals surface area contributed by atoms with Gasteiger partial charge in [0.1, 0.15) is 0 Å². The number of benzene rings is 1. The first-order valence-corrected chi connectivity index (χ1v) is 5.91. The van der Waals surface area contributed by atoms with Crippen molar-refractivity contribution in [3.8, 4) is 0 Å². The van der Waals surface area contributed by atoms with E-state index in [4.69, 9.17) is 9.84 Å². The van der Waals surface area contributed by atoms with Crippen LogP contribution in [0.2, 0.25) is 0 Å². The van der Waals surface area contributed by atoms with Gasteiger partial charge in [-0.05, 0) is 30.0 Å². The molecule has 1 aromatic carbocycles. The zero-order valence-electron chi connectivity index (χ0n) is 9.20. The predicted octanol–water partition coefficient (Wildman–Crippen LogP) is 3.00. The van der Waals surface area contributed by atoms with Crippen molar-refractivity contribution in [2.24, 2.45) is 0 Å². The van der Waals surface area contributed by atoms with E-state index in [9.17, 15) is 4.79 Å². The van der Waals surface area contributed by atoms with Crippen LogP contribution >= 0.6 is 15.9 Å². The van der Waals surface area contributed by atoms with E-state index in [-0.39, 0.29) is 6.42 Å². The molecule has 4 heteroatoms. The van der Waals surface area contributed by atoms with Crippen molar-refractivity contribution in [2.75, 3.05) is 7.11 Å². The summed E-state index contributed by atoms with van der Waals surface area (Å²) in [6, 6.07) is 6.04. The van der Waals surface area contributed by atoms with Crippen molar-refractivity contribution < 1.29 is 14.6 Å². The zero-order valence-corrected chi connectivity index (χ0v) is 10.8. The van der Waals surface area contributed by atoms with E-state index in [0.29, 0.717) is 13.0 Å². The number of halogens is 1. The monoisotopic (exact) mass is 286 g/mol. The molecule has 0 aromatic heterocycles. The summed E-state index contributed by atoms with van der Waals surface area (Å²) in [6.07, 6.45) is 1.68. The molecule has 0 aliphatic carbocycles. The summed E-state index contributed by atoms with van der Waals surface area (Å²) in [5, 5.41) is 8.53. The number of carboxylic acid groups (broad SMARTS) is 1. The normalized spacial score (nSPS) is 10.4. The van der Waals surface area contributed by atoms with Gasteiger partial charge < -0.3 is 9.84 Å². The minimum absolute atomic E-state index is 0.220. The standard InChI is InChI=1S/C12H15BrO3/c1-16-8-10-6-5-9(7-11(10)13)3-2-4-12(14)15/h5-7H,2-4,8H2,1H3,(H,14,15). The Labute approximate surface area is 104 Å². The minimum atomic E-state index is -0.741. The molecule has 0 aliphatic rings. The van der Waals surface area contributed by atoms with Gasteiger partial charge in [0.15, 0.2) is 0 Å². The summed E-state index contributed by atoms with van der Waals surface area (Å²) in [4.78, 5) is 10.4. The molecule has 0 radical (unpaired) electrons. The second kappa shape index (κ2) is 6.66. The predicted molar refractivity (Wildman–Crippen MR) is 65.4 cm³/mol. The Hall–Kier alpha value is -0.870. The van der Waals surface area contributed by atoms with Crippen molar-refractivity contribution >= 4 is 21.9 Å². The number of hydrogen-bond donors (Lipinski definition) is 1. The van der Waals surface area contributed by atoms with Crippen LogP contribution in [0.25, 0.3) is 0 Å². The van der Waals surface area contributed by atoms with Gasteiger partial charge >= 0.3 is 5.97 Å². The first-order valence-electron chi connectivity index (χ1n) is 5.11. The van der Waals surface area contributed by atoms with Crippen LogP contribution in [0, 0.1) is 0 Å². The van der Waals surface area contributed by atoms with Crippen LogP contribution in [0.15, 0.2) is 22.7 Å². The van der Waals surface area contributed by atoms with Crippen LogP contribution in [-0.4, -0.2) is 18.2 Å². The molecule has 1 rings (SSSR count). The fraction of sp³-hybridized carbons (Fsp3) is 0.417. The lowest BCUT2D eigenvalue weighted by molar-refractivity contribution is -0.137. The molecule has 16 heavy (non-hydrogen) atoms. The summed E-state index contributed by atoms with van der Waals surface area (Å²) in [5.74, 6) is -0.741. The second-order valence-corrected chi connectivity index (χ2v) is 4.46. The molecule has 0 atom stereocenters. The van der Waals surface area contributed by atoms with Gasteiger partial charge in [0.05, 0.1) is 6.61 Å².